The first kappa shape index (κ1) is 15.4. The fourth-order valence-electron chi connectivity index (χ4n) is 2.20. The summed E-state index contributed by atoms with van der Waals surface area (Å²) in [6.45, 7) is 4.27. The van der Waals surface area contributed by atoms with E-state index in [1.165, 1.54) is 16.7 Å². The minimum Gasteiger partial charge on any atom is -0.496 e. The van der Waals surface area contributed by atoms with Gasteiger partial charge in [0.05, 0.1) is 7.11 Å². The van der Waals surface area contributed by atoms with Crippen molar-refractivity contribution in [3.05, 3.63) is 63.7 Å². The number of rotatable bonds is 4. The fourth-order valence-corrected chi connectivity index (χ4v) is 3.11. The lowest BCUT2D eigenvalue weighted by atomic mass is 10.00. The molecule has 0 amide bonds. The first-order chi connectivity index (χ1) is 9.51. The second-order valence-electron chi connectivity index (χ2n) is 4.98. The van der Waals surface area contributed by atoms with E-state index >= 15 is 0 Å². The van der Waals surface area contributed by atoms with Crippen LogP contribution in [0.2, 0.25) is 5.02 Å². The number of alkyl halides is 1. The van der Waals surface area contributed by atoms with Crippen molar-refractivity contribution in [1.82, 2.24) is 0 Å². The number of methoxy groups -OCH3 is 1. The Labute approximate surface area is 134 Å². The zero-order valence-corrected chi connectivity index (χ0v) is 14.3. The maximum absolute atomic E-state index is 6.09. The SMILES string of the molecule is COc1ccc(Cl)cc1C(Br)Cc1ccc(C)c(C)c1. The van der Waals surface area contributed by atoms with E-state index in [2.05, 4.69) is 48.0 Å². The average Bonchev–Trinajstić information content (AvgIpc) is 2.43. The molecule has 0 aliphatic heterocycles. The van der Waals surface area contributed by atoms with Crippen LogP contribution >= 0.6 is 27.5 Å². The molecule has 0 radical (unpaired) electrons. The number of hydrogen-bond donors (Lipinski definition) is 0. The minimum absolute atomic E-state index is 0.179. The second kappa shape index (κ2) is 6.64. The van der Waals surface area contributed by atoms with Crippen molar-refractivity contribution in [3.63, 3.8) is 0 Å². The molecule has 0 fully saturated rings. The molecule has 3 heteroatoms. The third-order valence-corrected chi connectivity index (χ3v) is 4.57. The van der Waals surface area contributed by atoms with Crippen LogP contribution < -0.4 is 4.74 Å². The highest BCUT2D eigenvalue weighted by molar-refractivity contribution is 9.09. The standard InChI is InChI=1S/C17H18BrClO/c1-11-4-5-13(8-12(11)2)9-16(18)15-10-14(19)6-7-17(15)20-3/h4-8,10,16H,9H2,1-3H3. The van der Waals surface area contributed by atoms with Gasteiger partial charge in [0.15, 0.2) is 0 Å². The van der Waals surface area contributed by atoms with Crippen molar-refractivity contribution < 1.29 is 4.74 Å². The van der Waals surface area contributed by atoms with Crippen molar-refractivity contribution in [1.29, 1.82) is 0 Å². The number of halogens is 2. The molecule has 1 unspecified atom stereocenters. The molecule has 0 aromatic heterocycles. The largest absolute Gasteiger partial charge is 0.496 e. The molecule has 0 bridgehead atoms. The van der Waals surface area contributed by atoms with Gasteiger partial charge in [0.1, 0.15) is 5.75 Å². The van der Waals surface area contributed by atoms with E-state index in [1.54, 1.807) is 7.11 Å². The van der Waals surface area contributed by atoms with Crippen LogP contribution in [0.4, 0.5) is 0 Å². The molecule has 2 aromatic rings. The summed E-state index contributed by atoms with van der Waals surface area (Å²) < 4.78 is 5.41. The van der Waals surface area contributed by atoms with Gasteiger partial charge in [-0.15, -0.1) is 0 Å². The van der Waals surface area contributed by atoms with Gasteiger partial charge in [-0.2, -0.15) is 0 Å². The van der Waals surface area contributed by atoms with Crippen LogP contribution in [-0.4, -0.2) is 7.11 Å². The third-order valence-electron chi connectivity index (χ3n) is 3.52. The molecule has 2 rings (SSSR count). The number of hydrogen-bond acceptors (Lipinski definition) is 1. The highest BCUT2D eigenvalue weighted by atomic mass is 79.9. The van der Waals surface area contributed by atoms with E-state index in [0.29, 0.717) is 0 Å². The molecular formula is C17H18BrClO. The van der Waals surface area contributed by atoms with E-state index < -0.39 is 0 Å². The summed E-state index contributed by atoms with van der Waals surface area (Å²) >= 11 is 9.84. The van der Waals surface area contributed by atoms with Crippen molar-refractivity contribution in [3.8, 4) is 5.75 Å². The zero-order chi connectivity index (χ0) is 14.7. The van der Waals surface area contributed by atoms with Gasteiger partial charge in [0.2, 0.25) is 0 Å². The summed E-state index contributed by atoms with van der Waals surface area (Å²) in [5.74, 6) is 0.861. The van der Waals surface area contributed by atoms with Crippen molar-refractivity contribution >= 4 is 27.5 Å². The predicted molar refractivity (Wildman–Crippen MR) is 89.3 cm³/mol. The van der Waals surface area contributed by atoms with Gasteiger partial charge in [0, 0.05) is 15.4 Å². The van der Waals surface area contributed by atoms with E-state index in [-0.39, 0.29) is 4.83 Å². The predicted octanol–water partition coefficient (Wildman–Crippen LogP) is 5.64. The number of aryl methyl sites for hydroxylation is 2. The molecule has 0 aliphatic carbocycles. The van der Waals surface area contributed by atoms with E-state index in [0.717, 1.165) is 22.8 Å². The highest BCUT2D eigenvalue weighted by Gasteiger charge is 2.14. The average molecular weight is 354 g/mol. The summed E-state index contributed by atoms with van der Waals surface area (Å²) in [4.78, 5) is 0.179. The molecular weight excluding hydrogens is 336 g/mol. The molecule has 0 N–H and O–H groups in total. The maximum Gasteiger partial charge on any atom is 0.123 e. The molecule has 1 atom stereocenters. The molecule has 106 valence electrons. The van der Waals surface area contributed by atoms with Crippen LogP contribution in [0, 0.1) is 13.8 Å². The van der Waals surface area contributed by atoms with Crippen LogP contribution in [-0.2, 0) is 6.42 Å². The monoisotopic (exact) mass is 352 g/mol. The number of ether oxygens (including phenoxy) is 1. The van der Waals surface area contributed by atoms with E-state index in [1.807, 2.05) is 18.2 Å². The summed E-state index contributed by atoms with van der Waals surface area (Å²) in [5.41, 5.74) is 5.02. The van der Waals surface area contributed by atoms with Gasteiger partial charge >= 0.3 is 0 Å². The first-order valence-electron chi connectivity index (χ1n) is 6.55. The van der Waals surface area contributed by atoms with Crippen LogP contribution in [0.5, 0.6) is 5.75 Å². The van der Waals surface area contributed by atoms with Crippen LogP contribution in [0.15, 0.2) is 36.4 Å². The van der Waals surface area contributed by atoms with Crippen molar-refractivity contribution in [2.45, 2.75) is 25.1 Å². The van der Waals surface area contributed by atoms with Crippen molar-refractivity contribution in [2.24, 2.45) is 0 Å². The summed E-state index contributed by atoms with van der Waals surface area (Å²) in [5, 5.41) is 0.727. The Bertz CT molecular complexity index is 610. The molecule has 0 heterocycles. The van der Waals surface area contributed by atoms with Gasteiger partial charge < -0.3 is 4.74 Å². The minimum atomic E-state index is 0.179. The lowest BCUT2D eigenvalue weighted by molar-refractivity contribution is 0.409. The molecule has 0 aliphatic rings. The quantitative estimate of drug-likeness (QED) is 0.646. The summed E-state index contributed by atoms with van der Waals surface area (Å²) in [7, 11) is 1.68. The summed E-state index contributed by atoms with van der Waals surface area (Å²) in [6, 6.07) is 12.3. The lowest BCUT2D eigenvalue weighted by Crippen LogP contribution is -1.99. The van der Waals surface area contributed by atoms with Gasteiger partial charge in [-0.25, -0.2) is 0 Å². The number of benzene rings is 2. The molecule has 0 saturated heterocycles. The van der Waals surface area contributed by atoms with Gasteiger partial charge in [0.25, 0.3) is 0 Å². The third kappa shape index (κ3) is 3.56. The Morgan fingerprint density at radius 3 is 2.50 bits per heavy atom. The Balaban J connectivity index is 2.25. The van der Waals surface area contributed by atoms with Crippen molar-refractivity contribution in [2.75, 3.05) is 7.11 Å². The smallest absolute Gasteiger partial charge is 0.123 e. The lowest BCUT2D eigenvalue weighted by Gasteiger charge is -2.15. The molecule has 1 nitrogen and oxygen atoms in total. The van der Waals surface area contributed by atoms with Gasteiger partial charge in [-0.1, -0.05) is 45.7 Å². The normalized spacial score (nSPS) is 12.2. The maximum atomic E-state index is 6.09. The first-order valence-corrected chi connectivity index (χ1v) is 7.84. The molecule has 2 aromatic carbocycles. The summed E-state index contributed by atoms with van der Waals surface area (Å²) in [6.07, 6.45) is 0.901. The molecule has 0 spiro atoms. The Hall–Kier alpha value is -0.990. The Morgan fingerprint density at radius 1 is 1.10 bits per heavy atom. The second-order valence-corrected chi connectivity index (χ2v) is 6.52. The fraction of sp³-hybridized carbons (Fsp3) is 0.294. The topological polar surface area (TPSA) is 9.23 Å². The Kier molecular flexibility index (Phi) is 5.11. The molecule has 0 saturated carbocycles. The van der Waals surface area contributed by atoms with Crippen LogP contribution in [0.1, 0.15) is 27.1 Å². The molecule has 20 heavy (non-hydrogen) atoms. The zero-order valence-electron chi connectivity index (χ0n) is 11.9. The Morgan fingerprint density at radius 2 is 1.85 bits per heavy atom. The van der Waals surface area contributed by atoms with Gasteiger partial charge in [-0.3, -0.25) is 0 Å². The van der Waals surface area contributed by atoms with Crippen LogP contribution in [0.25, 0.3) is 0 Å². The van der Waals surface area contributed by atoms with Gasteiger partial charge in [-0.05, 0) is 55.2 Å². The van der Waals surface area contributed by atoms with E-state index in [4.69, 9.17) is 16.3 Å². The highest BCUT2D eigenvalue weighted by Crippen LogP contribution is 2.35. The van der Waals surface area contributed by atoms with Crippen LogP contribution in [0.3, 0.4) is 0 Å². The van der Waals surface area contributed by atoms with E-state index in [9.17, 15) is 0 Å².